The Balaban J connectivity index is 1.76. The molecule has 1 fully saturated rings. The third-order valence-corrected chi connectivity index (χ3v) is 5.77. The van der Waals surface area contributed by atoms with Gasteiger partial charge in [0.05, 0.1) is 33.5 Å². The van der Waals surface area contributed by atoms with E-state index in [1.165, 1.54) is 0 Å². The zero-order valence-electron chi connectivity index (χ0n) is 18.3. The van der Waals surface area contributed by atoms with Crippen LogP contribution in [0.2, 0.25) is 0 Å². The average molecular weight is 413 g/mol. The van der Waals surface area contributed by atoms with Crippen LogP contribution in [-0.4, -0.2) is 38.3 Å². The Bertz CT molecular complexity index is 865. The number of nitrogens with zero attached hydrogens (tertiary/aromatic N) is 1. The number of carbonyl (C=O) groups excluding carboxylic acids is 1. The van der Waals surface area contributed by atoms with Crippen molar-refractivity contribution < 1.29 is 19.0 Å². The number of primary amides is 1. The van der Waals surface area contributed by atoms with Crippen molar-refractivity contribution in [1.82, 2.24) is 4.90 Å². The first kappa shape index (κ1) is 22.0. The number of benzene rings is 2. The summed E-state index contributed by atoms with van der Waals surface area (Å²) in [6.45, 7) is 5.30. The Morgan fingerprint density at radius 1 is 1.20 bits per heavy atom. The number of rotatable bonds is 10. The first-order valence-electron chi connectivity index (χ1n) is 10.4. The predicted molar refractivity (Wildman–Crippen MR) is 117 cm³/mol. The number of nitrogens with two attached hydrogens (primary N) is 1. The summed E-state index contributed by atoms with van der Waals surface area (Å²) in [5, 5.41) is 0. The maximum absolute atomic E-state index is 12.2. The highest BCUT2D eigenvalue weighted by molar-refractivity contribution is 5.73. The molecule has 1 atom stereocenters. The van der Waals surface area contributed by atoms with Gasteiger partial charge in [-0.3, -0.25) is 0 Å². The monoisotopic (exact) mass is 412 g/mol. The van der Waals surface area contributed by atoms with Crippen LogP contribution in [0, 0.1) is 6.92 Å². The van der Waals surface area contributed by atoms with E-state index in [2.05, 4.69) is 0 Å². The Kier molecular flexibility index (Phi) is 7.21. The summed E-state index contributed by atoms with van der Waals surface area (Å²) >= 11 is 0. The van der Waals surface area contributed by atoms with Crippen LogP contribution < -0.4 is 15.2 Å². The maximum Gasteiger partial charge on any atom is 0.315 e. The van der Waals surface area contributed by atoms with Crippen LogP contribution in [0.5, 0.6) is 11.5 Å². The molecule has 30 heavy (non-hydrogen) atoms. The summed E-state index contributed by atoms with van der Waals surface area (Å²) < 4.78 is 17.2. The number of methoxy groups -OCH3 is 2. The van der Waals surface area contributed by atoms with Crippen molar-refractivity contribution in [3.63, 3.8) is 0 Å². The summed E-state index contributed by atoms with van der Waals surface area (Å²) in [6.07, 6.45) is 2.29. The van der Waals surface area contributed by atoms with Gasteiger partial charge in [0.15, 0.2) is 0 Å². The smallest absolute Gasteiger partial charge is 0.315 e. The lowest BCUT2D eigenvalue weighted by atomic mass is 9.94. The molecule has 0 radical (unpaired) electrons. The summed E-state index contributed by atoms with van der Waals surface area (Å²) in [7, 11) is 3.36. The van der Waals surface area contributed by atoms with Crippen molar-refractivity contribution >= 4 is 6.03 Å². The molecule has 0 heterocycles. The van der Waals surface area contributed by atoms with Gasteiger partial charge in [0.1, 0.15) is 11.5 Å². The van der Waals surface area contributed by atoms with Crippen molar-refractivity contribution in [2.75, 3.05) is 27.4 Å². The van der Waals surface area contributed by atoms with E-state index >= 15 is 0 Å². The molecule has 6 heteroatoms. The number of hydrogen-bond acceptors (Lipinski definition) is 4. The molecule has 1 saturated carbocycles. The molecule has 0 bridgehead atoms. The molecule has 2 aromatic rings. The molecule has 0 aromatic heterocycles. The van der Waals surface area contributed by atoms with Crippen molar-refractivity contribution in [2.24, 2.45) is 5.73 Å². The third kappa shape index (κ3) is 4.87. The molecule has 2 amide bonds. The molecule has 1 aliphatic rings. The van der Waals surface area contributed by atoms with Crippen molar-refractivity contribution in [3.8, 4) is 11.5 Å². The van der Waals surface area contributed by atoms with Crippen LogP contribution >= 0.6 is 0 Å². The Hall–Kier alpha value is -2.73. The van der Waals surface area contributed by atoms with Crippen molar-refractivity contribution in [3.05, 3.63) is 58.7 Å². The van der Waals surface area contributed by atoms with Gasteiger partial charge in [0, 0.05) is 12.1 Å². The molecule has 0 aliphatic heterocycles. The highest BCUT2D eigenvalue weighted by Gasteiger charge is 2.33. The average Bonchev–Trinajstić information content (AvgIpc) is 3.58. The van der Waals surface area contributed by atoms with E-state index in [1.54, 1.807) is 19.1 Å². The minimum atomic E-state index is -0.477. The van der Waals surface area contributed by atoms with Gasteiger partial charge < -0.3 is 24.8 Å². The molecule has 3 rings (SSSR count). The molecule has 2 aromatic carbocycles. The molecule has 0 spiro atoms. The number of hydrogen-bond donors (Lipinski definition) is 1. The van der Waals surface area contributed by atoms with Gasteiger partial charge in [0.2, 0.25) is 0 Å². The lowest BCUT2D eigenvalue weighted by molar-refractivity contribution is 0.0914. The zero-order chi connectivity index (χ0) is 21.7. The third-order valence-electron chi connectivity index (χ3n) is 5.77. The molecule has 162 valence electrons. The van der Waals surface area contributed by atoms with Gasteiger partial charge in [-0.25, -0.2) is 4.79 Å². The Morgan fingerprint density at radius 3 is 2.47 bits per heavy atom. The molecular formula is C24H32N2O4. The number of ether oxygens (including phenoxy) is 3. The Labute approximate surface area is 178 Å². The topological polar surface area (TPSA) is 74.0 Å². The summed E-state index contributed by atoms with van der Waals surface area (Å²) in [5.74, 6) is 2.14. The fraction of sp³-hybridized carbons (Fsp3) is 0.458. The molecule has 1 aliphatic carbocycles. The lowest BCUT2D eigenvalue weighted by Gasteiger charge is -2.30. The van der Waals surface area contributed by atoms with Gasteiger partial charge in [-0.2, -0.15) is 0 Å². The van der Waals surface area contributed by atoms with Crippen LogP contribution in [0.3, 0.4) is 0 Å². The fourth-order valence-electron chi connectivity index (χ4n) is 3.99. The summed E-state index contributed by atoms with van der Waals surface area (Å²) in [6, 6.07) is 11.3. The summed E-state index contributed by atoms with van der Waals surface area (Å²) in [4.78, 5) is 13.8. The SMILES string of the molecule is COc1cc(C(C)N(CCOCc2ccccc2)C(N)=O)c(C)c(OC)c1C1CC1. The van der Waals surface area contributed by atoms with E-state index in [4.69, 9.17) is 19.9 Å². The summed E-state index contributed by atoms with van der Waals surface area (Å²) in [5.41, 5.74) is 9.93. The van der Waals surface area contributed by atoms with Crippen LogP contribution in [0.25, 0.3) is 0 Å². The van der Waals surface area contributed by atoms with Crippen LogP contribution in [0.15, 0.2) is 36.4 Å². The first-order valence-corrected chi connectivity index (χ1v) is 10.4. The molecule has 0 saturated heterocycles. The minimum Gasteiger partial charge on any atom is -0.496 e. The van der Waals surface area contributed by atoms with Crippen LogP contribution in [0.4, 0.5) is 4.79 Å². The highest BCUT2D eigenvalue weighted by Crippen LogP contribution is 2.51. The van der Waals surface area contributed by atoms with Crippen LogP contribution in [-0.2, 0) is 11.3 Å². The molecule has 6 nitrogen and oxygen atoms in total. The predicted octanol–water partition coefficient (Wildman–Crippen LogP) is 4.55. The van der Waals surface area contributed by atoms with Gasteiger partial charge >= 0.3 is 6.03 Å². The van der Waals surface area contributed by atoms with Gasteiger partial charge in [-0.05, 0) is 55.4 Å². The second-order valence-electron chi connectivity index (χ2n) is 7.76. The quantitative estimate of drug-likeness (QED) is 0.581. The van der Waals surface area contributed by atoms with E-state index in [0.717, 1.165) is 46.6 Å². The second-order valence-corrected chi connectivity index (χ2v) is 7.76. The second kappa shape index (κ2) is 9.85. The largest absolute Gasteiger partial charge is 0.496 e. The number of carbonyl (C=O) groups is 1. The fourth-order valence-corrected chi connectivity index (χ4v) is 3.99. The molecule has 2 N–H and O–H groups in total. The maximum atomic E-state index is 12.2. The number of urea groups is 1. The lowest BCUT2D eigenvalue weighted by Crippen LogP contribution is -2.40. The van der Waals surface area contributed by atoms with E-state index in [-0.39, 0.29) is 6.04 Å². The minimum absolute atomic E-state index is 0.237. The van der Waals surface area contributed by atoms with Crippen molar-refractivity contribution in [1.29, 1.82) is 0 Å². The highest BCUT2D eigenvalue weighted by atomic mass is 16.5. The van der Waals surface area contributed by atoms with E-state index in [0.29, 0.717) is 25.7 Å². The number of amides is 2. The standard InChI is InChI=1S/C24H32N2O4/c1-16-20(14-21(28-3)22(19-10-11-19)23(16)29-4)17(2)26(24(25)27)12-13-30-15-18-8-6-5-7-9-18/h5-9,14,17,19H,10-13,15H2,1-4H3,(H2,25,27). The van der Waals surface area contributed by atoms with E-state index in [1.807, 2.05) is 50.2 Å². The molecular weight excluding hydrogens is 380 g/mol. The van der Waals surface area contributed by atoms with Crippen LogP contribution in [0.1, 0.15) is 54.0 Å². The Morgan fingerprint density at radius 2 is 1.90 bits per heavy atom. The van der Waals surface area contributed by atoms with Gasteiger partial charge in [-0.1, -0.05) is 30.3 Å². The van der Waals surface area contributed by atoms with Gasteiger partial charge in [0.25, 0.3) is 0 Å². The first-order chi connectivity index (χ1) is 14.5. The zero-order valence-corrected chi connectivity index (χ0v) is 18.3. The molecule has 1 unspecified atom stereocenters. The van der Waals surface area contributed by atoms with E-state index < -0.39 is 6.03 Å². The van der Waals surface area contributed by atoms with Crippen molar-refractivity contribution in [2.45, 2.75) is 45.3 Å². The van der Waals surface area contributed by atoms with E-state index in [9.17, 15) is 4.79 Å². The van der Waals surface area contributed by atoms with Gasteiger partial charge in [-0.15, -0.1) is 0 Å². The normalized spacial score (nSPS) is 14.3.